The van der Waals surface area contributed by atoms with Crippen LogP contribution in [0.4, 0.5) is 0 Å². The van der Waals surface area contributed by atoms with E-state index in [1.54, 1.807) is 37.7 Å². The van der Waals surface area contributed by atoms with Gasteiger partial charge in [0, 0.05) is 29.0 Å². The number of benzene rings is 1. The summed E-state index contributed by atoms with van der Waals surface area (Å²) in [4.78, 5) is 8.17. The molecule has 4 nitrogen and oxygen atoms in total. The largest absolute Gasteiger partial charge is 0.493 e. The first kappa shape index (κ1) is 13.9. The summed E-state index contributed by atoms with van der Waals surface area (Å²) in [6, 6.07) is 5.17. The van der Waals surface area contributed by atoms with E-state index in [0.717, 1.165) is 5.56 Å². The van der Waals surface area contributed by atoms with Gasteiger partial charge in [-0.1, -0.05) is 11.6 Å². The monoisotopic (exact) mass is 298 g/mol. The number of methoxy groups -OCH3 is 1. The van der Waals surface area contributed by atoms with Crippen molar-refractivity contribution in [3.05, 3.63) is 47.0 Å². The number of ether oxygens (including phenoxy) is 2. The lowest BCUT2D eigenvalue weighted by atomic mass is 10.2. The standard InChI is InChI=1S/C13H12Cl2N2O2/c1-18-11-6-10(15)5-9(7-14)13(11)19-8-12-16-3-2-4-17-12/h2-6H,7-8H2,1H3. The molecule has 0 aliphatic carbocycles. The van der Waals surface area contributed by atoms with Crippen LogP contribution in [-0.2, 0) is 12.5 Å². The first-order valence-corrected chi connectivity index (χ1v) is 6.47. The molecule has 1 aromatic heterocycles. The van der Waals surface area contributed by atoms with E-state index < -0.39 is 0 Å². The summed E-state index contributed by atoms with van der Waals surface area (Å²) in [7, 11) is 1.55. The number of alkyl halides is 1. The van der Waals surface area contributed by atoms with Crippen LogP contribution >= 0.6 is 23.2 Å². The molecule has 19 heavy (non-hydrogen) atoms. The minimum absolute atomic E-state index is 0.239. The van der Waals surface area contributed by atoms with E-state index in [-0.39, 0.29) is 12.5 Å². The van der Waals surface area contributed by atoms with Crippen molar-refractivity contribution in [3.8, 4) is 11.5 Å². The summed E-state index contributed by atoms with van der Waals surface area (Å²) in [6.45, 7) is 0.239. The summed E-state index contributed by atoms with van der Waals surface area (Å²) in [5, 5.41) is 0.552. The highest BCUT2D eigenvalue weighted by Crippen LogP contribution is 2.35. The zero-order valence-corrected chi connectivity index (χ0v) is 11.8. The fraction of sp³-hybridized carbons (Fsp3) is 0.231. The van der Waals surface area contributed by atoms with Gasteiger partial charge in [-0.25, -0.2) is 9.97 Å². The van der Waals surface area contributed by atoms with Crippen LogP contribution in [0, 0.1) is 0 Å². The molecule has 6 heteroatoms. The first-order valence-electron chi connectivity index (χ1n) is 5.55. The van der Waals surface area contributed by atoms with Gasteiger partial charge in [0.15, 0.2) is 17.3 Å². The van der Waals surface area contributed by atoms with Crippen molar-refractivity contribution in [2.75, 3.05) is 7.11 Å². The average molecular weight is 299 g/mol. The van der Waals surface area contributed by atoms with Gasteiger partial charge >= 0.3 is 0 Å². The molecule has 0 N–H and O–H groups in total. The molecule has 2 rings (SSSR count). The third-order valence-corrected chi connectivity index (χ3v) is 2.93. The second kappa shape index (κ2) is 6.59. The Morgan fingerprint density at radius 3 is 2.58 bits per heavy atom. The average Bonchev–Trinajstić information content (AvgIpc) is 2.46. The number of aromatic nitrogens is 2. The van der Waals surface area contributed by atoms with Crippen LogP contribution in [0.15, 0.2) is 30.6 Å². The highest BCUT2D eigenvalue weighted by Gasteiger charge is 2.13. The van der Waals surface area contributed by atoms with Crippen molar-refractivity contribution < 1.29 is 9.47 Å². The van der Waals surface area contributed by atoms with E-state index in [1.807, 2.05) is 0 Å². The summed E-state index contributed by atoms with van der Waals surface area (Å²) in [5.41, 5.74) is 0.766. The van der Waals surface area contributed by atoms with Gasteiger partial charge in [0.25, 0.3) is 0 Å². The molecule has 0 aliphatic rings. The predicted octanol–water partition coefficient (Wildman–Crippen LogP) is 3.46. The van der Waals surface area contributed by atoms with Crippen LogP contribution in [0.5, 0.6) is 11.5 Å². The molecular formula is C13H12Cl2N2O2. The fourth-order valence-electron chi connectivity index (χ4n) is 1.58. The Hall–Kier alpha value is -1.52. The van der Waals surface area contributed by atoms with E-state index in [0.29, 0.717) is 22.3 Å². The summed E-state index contributed by atoms with van der Waals surface area (Å²) < 4.78 is 10.9. The van der Waals surface area contributed by atoms with Gasteiger partial charge in [-0.2, -0.15) is 0 Å². The SMILES string of the molecule is COc1cc(Cl)cc(CCl)c1OCc1ncccn1. The second-order valence-corrected chi connectivity index (χ2v) is 4.39. The maximum absolute atomic E-state index is 5.98. The number of halogens is 2. The quantitative estimate of drug-likeness (QED) is 0.793. The van der Waals surface area contributed by atoms with Gasteiger partial charge in [0.2, 0.25) is 0 Å². The van der Waals surface area contributed by atoms with Crippen LogP contribution < -0.4 is 9.47 Å². The Balaban J connectivity index is 2.23. The predicted molar refractivity (Wildman–Crippen MR) is 73.9 cm³/mol. The molecule has 2 aromatic rings. The zero-order valence-electron chi connectivity index (χ0n) is 10.3. The molecule has 0 atom stereocenters. The normalized spacial score (nSPS) is 10.3. The van der Waals surface area contributed by atoms with E-state index in [4.69, 9.17) is 32.7 Å². The van der Waals surface area contributed by atoms with Crippen molar-refractivity contribution in [3.63, 3.8) is 0 Å². The topological polar surface area (TPSA) is 44.2 Å². The van der Waals surface area contributed by atoms with Crippen molar-refractivity contribution >= 4 is 23.2 Å². The molecule has 0 saturated heterocycles. The molecule has 0 unspecified atom stereocenters. The molecule has 0 bridgehead atoms. The maximum atomic E-state index is 5.98. The maximum Gasteiger partial charge on any atom is 0.166 e. The summed E-state index contributed by atoms with van der Waals surface area (Å²) >= 11 is 11.9. The van der Waals surface area contributed by atoms with Crippen molar-refractivity contribution in [2.45, 2.75) is 12.5 Å². The van der Waals surface area contributed by atoms with E-state index >= 15 is 0 Å². The van der Waals surface area contributed by atoms with Crippen molar-refractivity contribution in [1.82, 2.24) is 9.97 Å². The minimum Gasteiger partial charge on any atom is -0.493 e. The van der Waals surface area contributed by atoms with Gasteiger partial charge in [0.05, 0.1) is 13.0 Å². The van der Waals surface area contributed by atoms with E-state index in [9.17, 15) is 0 Å². The third kappa shape index (κ3) is 3.49. The van der Waals surface area contributed by atoms with Crippen molar-refractivity contribution in [2.24, 2.45) is 0 Å². The van der Waals surface area contributed by atoms with Crippen LogP contribution in [-0.4, -0.2) is 17.1 Å². The molecule has 0 fully saturated rings. The Morgan fingerprint density at radius 2 is 1.95 bits per heavy atom. The number of hydrogen-bond donors (Lipinski definition) is 0. The Morgan fingerprint density at radius 1 is 1.21 bits per heavy atom. The minimum atomic E-state index is 0.239. The van der Waals surface area contributed by atoms with Crippen molar-refractivity contribution in [1.29, 1.82) is 0 Å². The molecule has 100 valence electrons. The summed E-state index contributed by atoms with van der Waals surface area (Å²) in [6.07, 6.45) is 3.32. The van der Waals surface area contributed by atoms with Crippen LogP contribution in [0.2, 0.25) is 5.02 Å². The lowest BCUT2D eigenvalue weighted by Gasteiger charge is -2.14. The lowest BCUT2D eigenvalue weighted by molar-refractivity contribution is 0.274. The molecular weight excluding hydrogens is 287 g/mol. The molecule has 0 saturated carbocycles. The summed E-state index contributed by atoms with van der Waals surface area (Å²) in [5.74, 6) is 1.97. The van der Waals surface area contributed by atoms with Gasteiger partial charge in [-0.3, -0.25) is 0 Å². The smallest absolute Gasteiger partial charge is 0.166 e. The lowest BCUT2D eigenvalue weighted by Crippen LogP contribution is -2.03. The highest BCUT2D eigenvalue weighted by atomic mass is 35.5. The molecule has 0 spiro atoms. The molecule has 0 aliphatic heterocycles. The Kier molecular flexibility index (Phi) is 4.82. The van der Waals surface area contributed by atoms with Gasteiger partial charge in [-0.15, -0.1) is 11.6 Å². The molecule has 0 radical (unpaired) electrons. The van der Waals surface area contributed by atoms with Crippen LogP contribution in [0.3, 0.4) is 0 Å². The number of rotatable bonds is 5. The zero-order chi connectivity index (χ0) is 13.7. The molecule has 1 heterocycles. The van der Waals surface area contributed by atoms with Gasteiger partial charge in [0.1, 0.15) is 6.61 Å². The first-order chi connectivity index (χ1) is 9.24. The highest BCUT2D eigenvalue weighted by molar-refractivity contribution is 6.31. The number of hydrogen-bond acceptors (Lipinski definition) is 4. The van der Waals surface area contributed by atoms with Gasteiger partial charge in [-0.05, 0) is 12.1 Å². The van der Waals surface area contributed by atoms with E-state index in [1.165, 1.54) is 0 Å². The van der Waals surface area contributed by atoms with Crippen LogP contribution in [0.25, 0.3) is 0 Å². The van der Waals surface area contributed by atoms with Crippen LogP contribution in [0.1, 0.15) is 11.4 Å². The third-order valence-electron chi connectivity index (χ3n) is 2.43. The second-order valence-electron chi connectivity index (χ2n) is 3.68. The molecule has 0 amide bonds. The number of nitrogens with zero attached hydrogens (tertiary/aromatic N) is 2. The molecule has 1 aromatic carbocycles. The van der Waals surface area contributed by atoms with E-state index in [2.05, 4.69) is 9.97 Å². The Labute approximate surface area is 121 Å². The Bertz CT molecular complexity index is 525. The fourth-order valence-corrected chi connectivity index (χ4v) is 2.01. The van der Waals surface area contributed by atoms with Gasteiger partial charge < -0.3 is 9.47 Å².